The van der Waals surface area contributed by atoms with Crippen LogP contribution in [0.15, 0.2) is 176 Å². The fraction of sp³-hybridized carbons (Fsp3) is 0.0755. The van der Waals surface area contributed by atoms with Gasteiger partial charge >= 0.3 is 5.97 Å². The Kier molecular flexibility index (Phi) is 11.2. The number of benzene rings is 7. The van der Waals surface area contributed by atoms with Crippen LogP contribution in [-0.2, 0) is 4.74 Å². The third kappa shape index (κ3) is 9.78. The van der Waals surface area contributed by atoms with E-state index in [9.17, 15) is 14.4 Å². The highest BCUT2D eigenvalue weighted by molar-refractivity contribution is 6.09. The van der Waals surface area contributed by atoms with Crippen molar-refractivity contribution in [3.05, 3.63) is 226 Å². The quantitative estimate of drug-likeness (QED) is 0.0928. The van der Waals surface area contributed by atoms with E-state index >= 15 is 0 Å². The summed E-state index contributed by atoms with van der Waals surface area (Å²) >= 11 is 0. The molecule has 0 spiro atoms. The Balaban J connectivity index is 1.08. The molecule has 7 aromatic rings. The molecule has 0 atom stereocenters. The monoisotopic (exact) mass is 738 g/mol. The number of hydrogen-bond donors (Lipinski definition) is 0. The van der Waals surface area contributed by atoms with E-state index < -0.39 is 11.6 Å². The lowest BCUT2D eigenvalue weighted by molar-refractivity contribution is 0.00692. The second kappa shape index (κ2) is 16.9. The molecule has 7 aromatic carbocycles. The molecule has 4 nitrogen and oxygen atoms in total. The predicted molar refractivity (Wildman–Crippen MR) is 227 cm³/mol. The zero-order valence-electron chi connectivity index (χ0n) is 31.9. The van der Waals surface area contributed by atoms with Crippen LogP contribution in [-0.4, -0.2) is 23.1 Å². The van der Waals surface area contributed by atoms with Crippen molar-refractivity contribution < 1.29 is 19.1 Å². The van der Waals surface area contributed by atoms with Crippen LogP contribution in [0.2, 0.25) is 0 Å². The summed E-state index contributed by atoms with van der Waals surface area (Å²) in [7, 11) is 0. The molecule has 0 aliphatic carbocycles. The second-order valence-corrected chi connectivity index (χ2v) is 14.5. The van der Waals surface area contributed by atoms with Gasteiger partial charge in [-0.3, -0.25) is 9.59 Å². The molecule has 274 valence electrons. The number of esters is 1. The van der Waals surface area contributed by atoms with Crippen LogP contribution in [0.3, 0.4) is 0 Å². The largest absolute Gasteiger partial charge is 0.456 e. The standard InChI is InChI=1S/C53H38O4/c1-53(2,3)57-52(56)49-35-39(16-14-37-18-22-41(23-19-37)43-26-30-47(31-27-43)50(54)45-10-6-4-7-11-45)34-40(36-49)17-15-38-20-24-42(25-21-38)44-28-32-48(33-29-44)51(55)46-12-8-5-9-13-46/h4-13,18-36H,1-3H3. The molecule has 0 N–H and O–H groups in total. The summed E-state index contributed by atoms with van der Waals surface area (Å²) in [4.78, 5) is 38.8. The molecule has 57 heavy (non-hydrogen) atoms. The van der Waals surface area contributed by atoms with Gasteiger partial charge in [0.15, 0.2) is 11.6 Å². The highest BCUT2D eigenvalue weighted by Crippen LogP contribution is 2.24. The van der Waals surface area contributed by atoms with Gasteiger partial charge < -0.3 is 4.74 Å². The molecule has 0 bridgehead atoms. The average molecular weight is 739 g/mol. The summed E-state index contributed by atoms with van der Waals surface area (Å²) in [5.41, 5.74) is 9.19. The third-order valence-electron chi connectivity index (χ3n) is 9.07. The van der Waals surface area contributed by atoms with E-state index in [2.05, 4.69) is 23.7 Å². The predicted octanol–water partition coefficient (Wildman–Crippen LogP) is 11.2. The average Bonchev–Trinajstić information content (AvgIpc) is 3.25. The van der Waals surface area contributed by atoms with Gasteiger partial charge in [-0.1, -0.05) is 157 Å². The molecule has 4 heteroatoms. The molecule has 0 aliphatic heterocycles. The minimum absolute atomic E-state index is 0.00934. The van der Waals surface area contributed by atoms with Crippen molar-refractivity contribution >= 4 is 17.5 Å². The van der Waals surface area contributed by atoms with Crippen LogP contribution < -0.4 is 0 Å². The number of carbonyl (C=O) groups is 3. The number of ketones is 2. The summed E-state index contributed by atoms with van der Waals surface area (Å²) in [5.74, 6) is 12.4. The lowest BCUT2D eigenvalue weighted by Gasteiger charge is -2.19. The van der Waals surface area contributed by atoms with Gasteiger partial charge in [0, 0.05) is 44.5 Å². The first-order valence-electron chi connectivity index (χ1n) is 18.6. The summed E-state index contributed by atoms with van der Waals surface area (Å²) in [6.07, 6.45) is 0. The van der Waals surface area contributed by atoms with Crippen LogP contribution >= 0.6 is 0 Å². The molecule has 0 saturated heterocycles. The lowest BCUT2D eigenvalue weighted by Crippen LogP contribution is -2.24. The molecule has 0 aliphatic rings. The summed E-state index contributed by atoms with van der Waals surface area (Å²) in [6, 6.07) is 54.8. The Morgan fingerprint density at radius 2 is 0.684 bits per heavy atom. The number of hydrogen-bond acceptors (Lipinski definition) is 4. The van der Waals surface area contributed by atoms with Crippen molar-refractivity contribution in [2.24, 2.45) is 0 Å². The molecular formula is C53H38O4. The van der Waals surface area contributed by atoms with Crippen LogP contribution in [0.4, 0.5) is 0 Å². The van der Waals surface area contributed by atoms with Gasteiger partial charge in [0.05, 0.1) is 5.56 Å². The SMILES string of the molecule is CC(C)(C)OC(=O)c1cc(C#Cc2ccc(-c3ccc(C(=O)c4ccccc4)cc3)cc2)cc(C#Cc2ccc(-c3ccc(C(=O)c4ccccc4)cc3)cc2)c1. The van der Waals surface area contributed by atoms with Crippen molar-refractivity contribution in [2.75, 3.05) is 0 Å². The maximum Gasteiger partial charge on any atom is 0.338 e. The van der Waals surface area contributed by atoms with Crippen LogP contribution in [0.1, 0.15) is 85.2 Å². The van der Waals surface area contributed by atoms with Gasteiger partial charge in [-0.25, -0.2) is 4.79 Å². The molecule has 0 heterocycles. The smallest absolute Gasteiger partial charge is 0.338 e. The number of rotatable bonds is 7. The minimum atomic E-state index is -0.663. The molecular weight excluding hydrogens is 701 g/mol. The summed E-state index contributed by atoms with van der Waals surface area (Å²) in [6.45, 7) is 5.50. The van der Waals surface area contributed by atoms with Gasteiger partial charge in [-0.05, 0) is 85.5 Å². The molecule has 0 saturated carbocycles. The molecule has 0 fully saturated rings. The minimum Gasteiger partial charge on any atom is -0.456 e. The molecule has 0 aromatic heterocycles. The molecule has 0 radical (unpaired) electrons. The Labute approximate surface area is 333 Å². The van der Waals surface area contributed by atoms with Crippen molar-refractivity contribution in [1.29, 1.82) is 0 Å². The normalized spacial score (nSPS) is 10.6. The fourth-order valence-corrected chi connectivity index (χ4v) is 6.15. The molecule has 7 rings (SSSR count). The van der Waals surface area contributed by atoms with E-state index in [4.69, 9.17) is 4.74 Å². The first kappa shape index (κ1) is 37.8. The van der Waals surface area contributed by atoms with E-state index in [0.717, 1.165) is 33.4 Å². The van der Waals surface area contributed by atoms with E-state index in [-0.39, 0.29) is 11.6 Å². The highest BCUT2D eigenvalue weighted by Gasteiger charge is 2.19. The Morgan fingerprint density at radius 1 is 0.368 bits per heavy atom. The third-order valence-corrected chi connectivity index (χ3v) is 9.07. The van der Waals surface area contributed by atoms with Crippen LogP contribution in [0.5, 0.6) is 0 Å². The van der Waals surface area contributed by atoms with Gasteiger partial charge in [0.1, 0.15) is 5.60 Å². The van der Waals surface area contributed by atoms with Crippen molar-refractivity contribution in [3.8, 4) is 45.9 Å². The Hall–Kier alpha value is -7.53. The van der Waals surface area contributed by atoms with E-state index in [0.29, 0.717) is 38.9 Å². The second-order valence-electron chi connectivity index (χ2n) is 14.5. The number of carbonyl (C=O) groups excluding carboxylic acids is 3. The van der Waals surface area contributed by atoms with Crippen molar-refractivity contribution in [3.63, 3.8) is 0 Å². The van der Waals surface area contributed by atoms with Crippen LogP contribution in [0, 0.1) is 23.7 Å². The summed E-state index contributed by atoms with van der Waals surface area (Å²) in [5, 5.41) is 0. The number of ether oxygens (including phenoxy) is 1. The van der Waals surface area contributed by atoms with Gasteiger partial charge in [0.25, 0.3) is 0 Å². The van der Waals surface area contributed by atoms with Gasteiger partial charge in [-0.2, -0.15) is 0 Å². The van der Waals surface area contributed by atoms with Gasteiger partial charge in [0.2, 0.25) is 0 Å². The first-order chi connectivity index (χ1) is 27.6. The van der Waals surface area contributed by atoms with E-state index in [1.807, 2.05) is 185 Å². The highest BCUT2D eigenvalue weighted by atomic mass is 16.6. The van der Waals surface area contributed by atoms with E-state index in [1.165, 1.54) is 0 Å². The summed E-state index contributed by atoms with van der Waals surface area (Å²) < 4.78 is 5.68. The van der Waals surface area contributed by atoms with Crippen molar-refractivity contribution in [2.45, 2.75) is 26.4 Å². The van der Waals surface area contributed by atoms with Crippen LogP contribution in [0.25, 0.3) is 22.3 Å². The van der Waals surface area contributed by atoms with E-state index in [1.54, 1.807) is 12.1 Å². The fourth-order valence-electron chi connectivity index (χ4n) is 6.15. The maximum atomic E-state index is 13.2. The topological polar surface area (TPSA) is 60.4 Å². The zero-order chi connectivity index (χ0) is 39.8. The van der Waals surface area contributed by atoms with Crippen molar-refractivity contribution in [1.82, 2.24) is 0 Å². The van der Waals surface area contributed by atoms with Gasteiger partial charge in [-0.15, -0.1) is 0 Å². The first-order valence-corrected chi connectivity index (χ1v) is 18.6. The Morgan fingerprint density at radius 3 is 1.04 bits per heavy atom. The lowest BCUT2D eigenvalue weighted by atomic mass is 9.99. The maximum absolute atomic E-state index is 13.2. The molecule has 0 unspecified atom stereocenters. The zero-order valence-corrected chi connectivity index (χ0v) is 31.9. The molecule has 0 amide bonds. The Bertz CT molecular complexity index is 2500.